The normalized spacial score (nSPS) is 19.5. The zero-order valence-corrected chi connectivity index (χ0v) is 11.8. The minimum Gasteiger partial charge on any atom is -0.507 e. The number of aliphatic imine (C=N–C) groups is 1. The van der Waals surface area contributed by atoms with Crippen molar-refractivity contribution in [3.8, 4) is 5.75 Å². The minimum atomic E-state index is -0.526. The van der Waals surface area contributed by atoms with Crippen LogP contribution in [0.15, 0.2) is 65.3 Å². The lowest BCUT2D eigenvalue weighted by Crippen LogP contribution is -2.14. The summed E-state index contributed by atoms with van der Waals surface area (Å²) in [7, 11) is 0. The molecule has 0 saturated carbocycles. The van der Waals surface area contributed by atoms with Gasteiger partial charge in [0.15, 0.2) is 0 Å². The zero-order chi connectivity index (χ0) is 14.9. The van der Waals surface area contributed by atoms with Crippen LogP contribution >= 0.6 is 0 Å². The van der Waals surface area contributed by atoms with Crippen molar-refractivity contribution in [1.82, 2.24) is 5.32 Å². The average molecular weight is 284 g/mol. The zero-order valence-electron chi connectivity index (χ0n) is 11.8. The Morgan fingerprint density at radius 2 is 2.10 bits per heavy atom. The molecule has 1 aromatic rings. The monoisotopic (exact) mass is 284 g/mol. The van der Waals surface area contributed by atoms with Crippen molar-refractivity contribution < 1.29 is 10.2 Å². The van der Waals surface area contributed by atoms with Crippen LogP contribution in [0.1, 0.15) is 12.0 Å². The first-order valence-electron chi connectivity index (χ1n) is 7.01. The van der Waals surface area contributed by atoms with Crippen LogP contribution in [-0.4, -0.2) is 35.6 Å². The molecule has 0 saturated heterocycles. The van der Waals surface area contributed by atoms with Gasteiger partial charge >= 0.3 is 0 Å². The molecule has 0 radical (unpaired) electrons. The summed E-state index contributed by atoms with van der Waals surface area (Å²) in [5, 5.41) is 22.4. The first kappa shape index (κ1) is 15.1. The Bertz CT molecular complexity index is 574. The molecule has 0 spiro atoms. The number of phenols is 1. The molecule has 1 aromatic carbocycles. The van der Waals surface area contributed by atoms with Gasteiger partial charge in [0.25, 0.3) is 0 Å². The van der Waals surface area contributed by atoms with Crippen LogP contribution in [0.2, 0.25) is 0 Å². The summed E-state index contributed by atoms with van der Waals surface area (Å²) in [4.78, 5) is 4.28. The quantitative estimate of drug-likeness (QED) is 0.554. The van der Waals surface area contributed by atoms with E-state index in [1.807, 2.05) is 36.6 Å². The summed E-state index contributed by atoms with van der Waals surface area (Å²) < 4.78 is 0. The minimum absolute atomic E-state index is 0.246. The lowest BCUT2D eigenvalue weighted by molar-refractivity contribution is 0.261. The van der Waals surface area contributed by atoms with Gasteiger partial charge in [-0.2, -0.15) is 0 Å². The first-order chi connectivity index (χ1) is 10.3. The summed E-state index contributed by atoms with van der Waals surface area (Å²) in [6.07, 6.45) is 11.2. The van der Waals surface area contributed by atoms with Crippen LogP contribution in [0, 0.1) is 0 Å². The number of hydrogen-bond donors (Lipinski definition) is 3. The van der Waals surface area contributed by atoms with Crippen LogP contribution in [0.25, 0.3) is 0 Å². The third-order valence-corrected chi connectivity index (χ3v) is 3.08. The number of phenolic OH excluding ortho intramolecular Hbond substituents is 1. The molecule has 1 aliphatic carbocycles. The van der Waals surface area contributed by atoms with Gasteiger partial charge in [-0.05, 0) is 24.1 Å². The number of allylic oxidation sites excluding steroid dienone is 2. The fraction of sp³-hybridized carbons (Fsp3) is 0.235. The van der Waals surface area contributed by atoms with E-state index in [4.69, 9.17) is 0 Å². The van der Waals surface area contributed by atoms with Crippen molar-refractivity contribution in [2.75, 3.05) is 13.1 Å². The van der Waals surface area contributed by atoms with Gasteiger partial charge in [0, 0.05) is 31.1 Å². The van der Waals surface area contributed by atoms with Gasteiger partial charge in [0.1, 0.15) is 5.75 Å². The highest BCUT2D eigenvalue weighted by Crippen LogP contribution is 2.12. The SMILES string of the molecule is Oc1ccccc1C=NCCCN/C=C1/C=CC=CC1O. The van der Waals surface area contributed by atoms with E-state index in [9.17, 15) is 10.2 Å². The Balaban J connectivity index is 1.67. The third kappa shape index (κ3) is 4.93. The number of rotatable bonds is 6. The number of aliphatic hydroxyl groups is 1. The first-order valence-corrected chi connectivity index (χ1v) is 7.01. The summed E-state index contributed by atoms with van der Waals surface area (Å²) in [5.74, 6) is 0.246. The molecule has 21 heavy (non-hydrogen) atoms. The lowest BCUT2D eigenvalue weighted by Gasteiger charge is -2.10. The highest BCUT2D eigenvalue weighted by Gasteiger charge is 2.05. The number of hydrogen-bond acceptors (Lipinski definition) is 4. The maximum absolute atomic E-state index is 9.67. The van der Waals surface area contributed by atoms with Crippen LogP contribution in [0.5, 0.6) is 5.75 Å². The summed E-state index contributed by atoms with van der Waals surface area (Å²) in [6.45, 7) is 1.47. The Kier molecular flexibility index (Phi) is 5.79. The second kappa shape index (κ2) is 8.07. The molecule has 4 heteroatoms. The molecule has 3 N–H and O–H groups in total. The number of nitrogens with one attached hydrogen (secondary N) is 1. The van der Waals surface area contributed by atoms with Crippen molar-refractivity contribution in [3.05, 3.63) is 65.9 Å². The summed E-state index contributed by atoms with van der Waals surface area (Å²) in [5.41, 5.74) is 1.59. The molecule has 4 nitrogen and oxygen atoms in total. The van der Waals surface area contributed by atoms with Crippen LogP contribution in [0.3, 0.4) is 0 Å². The Morgan fingerprint density at radius 1 is 1.24 bits per heavy atom. The Hall–Kier alpha value is -2.33. The summed E-state index contributed by atoms with van der Waals surface area (Å²) in [6, 6.07) is 7.12. The van der Waals surface area contributed by atoms with Crippen molar-refractivity contribution in [3.63, 3.8) is 0 Å². The number of benzene rings is 1. The highest BCUT2D eigenvalue weighted by molar-refractivity contribution is 5.83. The molecule has 0 bridgehead atoms. The fourth-order valence-electron chi connectivity index (χ4n) is 1.90. The fourth-order valence-corrected chi connectivity index (χ4v) is 1.90. The van der Waals surface area contributed by atoms with E-state index >= 15 is 0 Å². The van der Waals surface area contributed by atoms with Crippen LogP contribution in [0.4, 0.5) is 0 Å². The largest absolute Gasteiger partial charge is 0.507 e. The number of nitrogens with zero attached hydrogens (tertiary/aromatic N) is 1. The van der Waals surface area contributed by atoms with E-state index in [1.165, 1.54) is 0 Å². The second-order valence-electron chi connectivity index (χ2n) is 4.73. The molecular weight excluding hydrogens is 264 g/mol. The maximum atomic E-state index is 9.67. The van der Waals surface area contributed by atoms with Gasteiger partial charge in [-0.25, -0.2) is 0 Å². The van der Waals surface area contributed by atoms with Crippen LogP contribution in [-0.2, 0) is 0 Å². The molecule has 0 fully saturated rings. The molecule has 0 aliphatic heterocycles. The standard InChI is InChI=1S/C17H20N2O2/c20-16-8-3-1-6-14(16)12-18-10-5-11-19-13-15-7-2-4-9-17(15)21/h1-4,6-9,12-13,16,18,20-21H,5,10-11H2/b14-12-,19-13?. The number of aliphatic hydroxyl groups excluding tert-OH is 1. The second-order valence-corrected chi connectivity index (χ2v) is 4.73. The lowest BCUT2D eigenvalue weighted by atomic mass is 10.1. The van der Waals surface area contributed by atoms with E-state index in [0.29, 0.717) is 6.54 Å². The Morgan fingerprint density at radius 3 is 2.90 bits per heavy atom. The predicted octanol–water partition coefficient (Wildman–Crippen LogP) is 2.16. The van der Waals surface area contributed by atoms with Crippen LogP contribution < -0.4 is 5.32 Å². The van der Waals surface area contributed by atoms with E-state index in [0.717, 1.165) is 24.1 Å². The van der Waals surface area contributed by atoms with Gasteiger partial charge in [0.2, 0.25) is 0 Å². The molecule has 1 aliphatic rings. The van der Waals surface area contributed by atoms with Crippen molar-refractivity contribution in [1.29, 1.82) is 0 Å². The highest BCUT2D eigenvalue weighted by atomic mass is 16.3. The van der Waals surface area contributed by atoms with Crippen molar-refractivity contribution in [2.24, 2.45) is 4.99 Å². The van der Waals surface area contributed by atoms with E-state index in [-0.39, 0.29) is 5.75 Å². The molecule has 2 rings (SSSR count). The van der Waals surface area contributed by atoms with E-state index in [1.54, 1.807) is 24.4 Å². The van der Waals surface area contributed by atoms with Gasteiger partial charge < -0.3 is 15.5 Å². The molecule has 0 heterocycles. The average Bonchev–Trinajstić information content (AvgIpc) is 2.50. The molecular formula is C17H20N2O2. The van der Waals surface area contributed by atoms with Crippen molar-refractivity contribution in [2.45, 2.75) is 12.5 Å². The number of para-hydroxylation sites is 1. The molecule has 1 unspecified atom stereocenters. The van der Waals surface area contributed by atoms with Gasteiger partial charge in [-0.1, -0.05) is 36.4 Å². The molecule has 110 valence electrons. The predicted molar refractivity (Wildman–Crippen MR) is 85.6 cm³/mol. The van der Waals surface area contributed by atoms with Gasteiger partial charge in [0.05, 0.1) is 6.10 Å². The molecule has 0 amide bonds. The maximum Gasteiger partial charge on any atom is 0.124 e. The van der Waals surface area contributed by atoms with E-state index in [2.05, 4.69) is 10.3 Å². The smallest absolute Gasteiger partial charge is 0.124 e. The van der Waals surface area contributed by atoms with Gasteiger partial charge in [-0.15, -0.1) is 0 Å². The van der Waals surface area contributed by atoms with Crippen molar-refractivity contribution >= 4 is 6.21 Å². The van der Waals surface area contributed by atoms with Gasteiger partial charge in [-0.3, -0.25) is 4.99 Å². The topological polar surface area (TPSA) is 64.9 Å². The molecule has 1 atom stereocenters. The third-order valence-electron chi connectivity index (χ3n) is 3.08. The number of aromatic hydroxyl groups is 1. The Labute approximate surface area is 124 Å². The molecule has 0 aromatic heterocycles. The summed E-state index contributed by atoms with van der Waals surface area (Å²) >= 11 is 0. The van der Waals surface area contributed by atoms with E-state index < -0.39 is 6.10 Å².